The molecule has 9 nitrogen and oxygen atoms in total. The number of azide groups is 1. The molecule has 0 aromatic carbocycles. The summed E-state index contributed by atoms with van der Waals surface area (Å²) in [5.74, 6) is -0.340. The van der Waals surface area contributed by atoms with E-state index in [0.29, 0.717) is 12.2 Å². The van der Waals surface area contributed by atoms with E-state index in [9.17, 15) is 14.4 Å². The Balaban J connectivity index is 2.33. The summed E-state index contributed by atoms with van der Waals surface area (Å²) in [4.78, 5) is 43.3. The van der Waals surface area contributed by atoms with Gasteiger partial charge < -0.3 is 9.88 Å². The molecule has 1 aliphatic rings. The first kappa shape index (κ1) is 12.9. The molecule has 2 rings (SSSR count). The van der Waals surface area contributed by atoms with Crippen LogP contribution in [-0.4, -0.2) is 29.0 Å². The van der Waals surface area contributed by atoms with Gasteiger partial charge in [-0.25, -0.2) is 4.79 Å². The summed E-state index contributed by atoms with van der Waals surface area (Å²) in [5.41, 5.74) is 7.54. The predicted octanol–water partition coefficient (Wildman–Crippen LogP) is 0.0348. The Morgan fingerprint density at radius 2 is 2.16 bits per heavy atom. The number of hydrogen-bond acceptors (Lipinski definition) is 4. The topological polar surface area (TPSA) is 135 Å². The molecular formula is C10H12N6O3. The van der Waals surface area contributed by atoms with Crippen LogP contribution >= 0.6 is 0 Å². The van der Waals surface area contributed by atoms with Gasteiger partial charge in [-0.05, 0) is 18.4 Å². The van der Waals surface area contributed by atoms with Gasteiger partial charge in [0, 0.05) is 30.1 Å². The SMILES string of the molecule is Cc1[nH]c(=O)[nH]c(=O)c1N1CC(CN=[N+]=[N-])CC1=O. The van der Waals surface area contributed by atoms with Crippen LogP contribution in [0.1, 0.15) is 12.1 Å². The highest BCUT2D eigenvalue weighted by atomic mass is 16.2. The maximum atomic E-state index is 11.9. The average Bonchev–Trinajstić information content (AvgIpc) is 2.67. The fourth-order valence-corrected chi connectivity index (χ4v) is 2.19. The lowest BCUT2D eigenvalue weighted by Gasteiger charge is -2.16. The molecule has 1 unspecified atom stereocenters. The molecule has 0 radical (unpaired) electrons. The van der Waals surface area contributed by atoms with E-state index in [-0.39, 0.29) is 30.5 Å². The maximum absolute atomic E-state index is 11.9. The molecule has 2 heterocycles. The van der Waals surface area contributed by atoms with E-state index in [2.05, 4.69) is 20.0 Å². The van der Waals surface area contributed by atoms with Crippen LogP contribution in [0.4, 0.5) is 5.69 Å². The Morgan fingerprint density at radius 3 is 2.79 bits per heavy atom. The molecule has 0 saturated carbocycles. The molecule has 1 fully saturated rings. The Bertz CT molecular complexity index is 669. The molecule has 100 valence electrons. The molecule has 1 amide bonds. The van der Waals surface area contributed by atoms with Gasteiger partial charge in [0.2, 0.25) is 5.91 Å². The summed E-state index contributed by atoms with van der Waals surface area (Å²) in [6.07, 6.45) is 0.219. The zero-order valence-electron chi connectivity index (χ0n) is 10.2. The van der Waals surface area contributed by atoms with Crippen molar-refractivity contribution in [2.45, 2.75) is 13.3 Å². The molecule has 9 heteroatoms. The van der Waals surface area contributed by atoms with Gasteiger partial charge in [-0.3, -0.25) is 14.6 Å². The van der Waals surface area contributed by atoms with Gasteiger partial charge in [-0.2, -0.15) is 0 Å². The zero-order chi connectivity index (χ0) is 14.0. The number of H-pyrrole nitrogens is 2. The Hall–Kier alpha value is -2.54. The smallest absolute Gasteiger partial charge is 0.309 e. The van der Waals surface area contributed by atoms with Crippen LogP contribution in [0.3, 0.4) is 0 Å². The van der Waals surface area contributed by atoms with Crippen molar-refractivity contribution >= 4 is 11.6 Å². The van der Waals surface area contributed by atoms with Gasteiger partial charge in [0.15, 0.2) is 0 Å². The van der Waals surface area contributed by atoms with Gasteiger partial charge in [0.1, 0.15) is 5.69 Å². The van der Waals surface area contributed by atoms with Crippen LogP contribution in [0.2, 0.25) is 0 Å². The van der Waals surface area contributed by atoms with Crippen molar-refractivity contribution in [1.29, 1.82) is 0 Å². The van der Waals surface area contributed by atoms with Crippen LogP contribution < -0.4 is 16.1 Å². The summed E-state index contributed by atoms with van der Waals surface area (Å²) in [7, 11) is 0. The number of hydrogen-bond donors (Lipinski definition) is 2. The highest BCUT2D eigenvalue weighted by Gasteiger charge is 2.32. The lowest BCUT2D eigenvalue weighted by Crippen LogP contribution is -2.35. The number of aromatic nitrogens is 2. The highest BCUT2D eigenvalue weighted by molar-refractivity contribution is 5.96. The summed E-state index contributed by atoms with van der Waals surface area (Å²) in [5, 5.41) is 3.43. The molecule has 1 aliphatic heterocycles. The van der Waals surface area contributed by atoms with Gasteiger partial charge in [0.05, 0.1) is 0 Å². The first-order valence-corrected chi connectivity index (χ1v) is 5.67. The van der Waals surface area contributed by atoms with Crippen LogP contribution in [0.15, 0.2) is 14.7 Å². The summed E-state index contributed by atoms with van der Waals surface area (Å²) >= 11 is 0. The molecule has 2 N–H and O–H groups in total. The number of nitrogens with one attached hydrogen (secondary N) is 2. The van der Waals surface area contributed by atoms with Gasteiger partial charge >= 0.3 is 5.69 Å². The zero-order valence-corrected chi connectivity index (χ0v) is 10.2. The number of amides is 1. The predicted molar refractivity (Wildman–Crippen MR) is 66.9 cm³/mol. The van der Waals surface area contributed by atoms with Crippen LogP contribution in [0.5, 0.6) is 0 Å². The number of nitrogens with zero attached hydrogens (tertiary/aromatic N) is 4. The summed E-state index contributed by atoms with van der Waals surface area (Å²) in [6, 6.07) is 0. The lowest BCUT2D eigenvalue weighted by atomic mass is 10.1. The standard InChI is InChI=1S/C10H12N6O3/c1-5-8(9(18)14-10(19)13-5)16-4-6(2-7(16)17)3-12-15-11/h6H,2-4H2,1H3,(H2,13,14,18,19). The number of anilines is 1. The number of aromatic amines is 2. The minimum absolute atomic E-state index is 0.117. The fraction of sp³-hybridized carbons (Fsp3) is 0.500. The second-order valence-electron chi connectivity index (χ2n) is 4.37. The Labute approximate surface area is 106 Å². The molecule has 0 spiro atoms. The van der Waals surface area contributed by atoms with Crippen molar-refractivity contribution in [2.75, 3.05) is 18.0 Å². The summed E-state index contributed by atoms with van der Waals surface area (Å²) < 4.78 is 0. The molecule has 19 heavy (non-hydrogen) atoms. The van der Waals surface area contributed by atoms with Crippen LogP contribution in [0, 0.1) is 12.8 Å². The van der Waals surface area contributed by atoms with E-state index < -0.39 is 11.2 Å². The van der Waals surface area contributed by atoms with Crippen molar-refractivity contribution < 1.29 is 4.79 Å². The monoisotopic (exact) mass is 264 g/mol. The van der Waals surface area contributed by atoms with E-state index in [1.165, 1.54) is 4.90 Å². The molecule has 1 saturated heterocycles. The normalized spacial score (nSPS) is 18.5. The molecule has 1 aromatic heterocycles. The lowest BCUT2D eigenvalue weighted by molar-refractivity contribution is -0.117. The van der Waals surface area contributed by atoms with E-state index >= 15 is 0 Å². The Morgan fingerprint density at radius 1 is 1.42 bits per heavy atom. The van der Waals surface area contributed by atoms with Gasteiger partial charge in [0.25, 0.3) is 5.56 Å². The molecular weight excluding hydrogens is 252 g/mol. The van der Waals surface area contributed by atoms with Crippen molar-refractivity contribution in [3.63, 3.8) is 0 Å². The van der Waals surface area contributed by atoms with Crippen LogP contribution in [0.25, 0.3) is 10.4 Å². The van der Waals surface area contributed by atoms with Crippen molar-refractivity contribution in [1.82, 2.24) is 9.97 Å². The minimum atomic E-state index is -0.608. The van der Waals surface area contributed by atoms with E-state index in [1.54, 1.807) is 6.92 Å². The first-order chi connectivity index (χ1) is 9.02. The highest BCUT2D eigenvalue weighted by Crippen LogP contribution is 2.23. The molecule has 1 atom stereocenters. The van der Waals surface area contributed by atoms with Crippen molar-refractivity contribution in [2.24, 2.45) is 11.0 Å². The second-order valence-corrected chi connectivity index (χ2v) is 4.37. The third kappa shape index (κ3) is 2.50. The maximum Gasteiger partial charge on any atom is 0.326 e. The van der Waals surface area contributed by atoms with Gasteiger partial charge in [-0.15, -0.1) is 0 Å². The number of carbonyl (C=O) groups excluding carboxylic acids is 1. The van der Waals surface area contributed by atoms with Gasteiger partial charge in [-0.1, -0.05) is 5.11 Å². The third-order valence-corrected chi connectivity index (χ3v) is 2.98. The van der Waals surface area contributed by atoms with Crippen LogP contribution in [-0.2, 0) is 4.79 Å². The number of rotatable bonds is 3. The largest absolute Gasteiger partial charge is 0.326 e. The second kappa shape index (κ2) is 4.99. The third-order valence-electron chi connectivity index (χ3n) is 2.98. The van der Waals surface area contributed by atoms with E-state index in [0.717, 1.165) is 0 Å². The summed E-state index contributed by atoms with van der Waals surface area (Å²) in [6.45, 7) is 2.06. The van der Waals surface area contributed by atoms with E-state index in [4.69, 9.17) is 5.53 Å². The first-order valence-electron chi connectivity index (χ1n) is 5.67. The number of carbonyl (C=O) groups is 1. The Kier molecular flexibility index (Phi) is 3.39. The average molecular weight is 264 g/mol. The fourth-order valence-electron chi connectivity index (χ4n) is 2.19. The number of aryl methyl sites for hydroxylation is 1. The molecule has 1 aromatic rings. The van der Waals surface area contributed by atoms with E-state index in [1.807, 2.05) is 0 Å². The van der Waals surface area contributed by atoms with Crippen molar-refractivity contribution in [3.8, 4) is 0 Å². The molecule has 0 aliphatic carbocycles. The molecule has 0 bridgehead atoms. The quantitative estimate of drug-likeness (QED) is 0.453. The minimum Gasteiger partial charge on any atom is -0.309 e. The van der Waals surface area contributed by atoms with Crippen molar-refractivity contribution in [3.05, 3.63) is 37.0 Å².